The van der Waals surface area contributed by atoms with Gasteiger partial charge in [-0.25, -0.2) is 4.79 Å². The molecule has 3 heterocycles. The lowest BCUT2D eigenvalue weighted by molar-refractivity contribution is -0.156. The molecule has 2 unspecified atom stereocenters. The standard InChI is InChI=1S/C35H41N3O8/c1-5-20(17-37-6-2)34(43)45-27-16-25-31(42)30-26(41)15-23(18-39)44-33(30)29(32(25)46-35(27,3)4)24(21-10-11-38-28(36)14-21)13-19-8-7-9-22(40)12-19/h5,7-10,12,14-15,24,27,37-40,42H,6,11,13,16-18,36H2,1-4H3. The average molecular weight is 632 g/mol. The minimum absolute atomic E-state index is 0.0185. The third-order valence-corrected chi connectivity index (χ3v) is 8.46. The topological polar surface area (TPSA) is 177 Å². The lowest BCUT2D eigenvalue weighted by atomic mass is 9.79. The molecule has 2 aliphatic heterocycles. The predicted octanol–water partition coefficient (Wildman–Crippen LogP) is 3.53. The molecule has 0 aliphatic carbocycles. The number of hydrogen-bond donors (Lipinski definition) is 6. The Balaban J connectivity index is 1.74. The van der Waals surface area contributed by atoms with E-state index in [1.807, 2.05) is 19.1 Å². The van der Waals surface area contributed by atoms with Crippen molar-refractivity contribution in [2.24, 2.45) is 5.73 Å². The van der Waals surface area contributed by atoms with Gasteiger partial charge in [0.2, 0.25) is 0 Å². The Hall–Kier alpha value is -4.74. The zero-order chi connectivity index (χ0) is 33.2. The van der Waals surface area contributed by atoms with Gasteiger partial charge in [0.1, 0.15) is 52.3 Å². The first-order valence-corrected chi connectivity index (χ1v) is 15.4. The molecule has 2 aliphatic rings. The maximum absolute atomic E-state index is 13.5. The Labute approximate surface area is 267 Å². The molecule has 0 radical (unpaired) electrons. The zero-order valence-electron chi connectivity index (χ0n) is 26.5. The van der Waals surface area contributed by atoms with Crippen LogP contribution in [0.4, 0.5) is 0 Å². The molecule has 0 bridgehead atoms. The monoisotopic (exact) mass is 631 g/mol. The van der Waals surface area contributed by atoms with Crippen LogP contribution in [0.15, 0.2) is 74.7 Å². The van der Waals surface area contributed by atoms with Gasteiger partial charge < -0.3 is 45.6 Å². The molecule has 1 aromatic heterocycles. The summed E-state index contributed by atoms with van der Waals surface area (Å²) in [6.45, 7) is 8.22. The Morgan fingerprint density at radius 1 is 1.28 bits per heavy atom. The van der Waals surface area contributed by atoms with Gasteiger partial charge in [-0.05, 0) is 63.1 Å². The summed E-state index contributed by atoms with van der Waals surface area (Å²) in [5, 5.41) is 38.0. The normalized spacial score (nSPS) is 18.1. The Bertz CT molecular complexity index is 1800. The number of likely N-dealkylation sites (N-methyl/N-ethyl adjacent to an activating group) is 1. The summed E-state index contributed by atoms with van der Waals surface area (Å²) in [6, 6.07) is 7.99. The van der Waals surface area contributed by atoms with Crippen molar-refractivity contribution in [3.63, 3.8) is 0 Å². The second kappa shape index (κ2) is 13.3. The van der Waals surface area contributed by atoms with Crippen molar-refractivity contribution in [2.75, 3.05) is 19.6 Å². The highest BCUT2D eigenvalue weighted by molar-refractivity contribution is 5.92. The molecule has 244 valence electrons. The minimum atomic E-state index is -1.07. The van der Waals surface area contributed by atoms with Crippen molar-refractivity contribution in [1.82, 2.24) is 10.6 Å². The van der Waals surface area contributed by atoms with Crippen LogP contribution >= 0.6 is 0 Å². The molecular weight excluding hydrogens is 590 g/mol. The molecule has 0 saturated carbocycles. The van der Waals surface area contributed by atoms with Crippen molar-refractivity contribution < 1.29 is 34.0 Å². The number of aliphatic hydroxyl groups excluding tert-OH is 1. The summed E-state index contributed by atoms with van der Waals surface area (Å²) in [6.07, 6.45) is 5.02. The zero-order valence-corrected chi connectivity index (χ0v) is 26.5. The van der Waals surface area contributed by atoms with E-state index in [9.17, 15) is 24.9 Å². The van der Waals surface area contributed by atoms with Crippen LogP contribution < -0.4 is 26.5 Å². The maximum Gasteiger partial charge on any atom is 0.335 e. The Morgan fingerprint density at radius 2 is 2.07 bits per heavy atom. The molecule has 0 fully saturated rings. The van der Waals surface area contributed by atoms with Crippen molar-refractivity contribution in [2.45, 2.75) is 64.8 Å². The van der Waals surface area contributed by atoms with Crippen LogP contribution in [-0.2, 0) is 29.0 Å². The van der Waals surface area contributed by atoms with Gasteiger partial charge in [0.05, 0.1) is 5.82 Å². The number of benzene rings is 2. The van der Waals surface area contributed by atoms with Gasteiger partial charge in [0, 0.05) is 48.2 Å². The smallest absolute Gasteiger partial charge is 0.335 e. The number of aromatic hydroxyl groups is 2. The van der Waals surface area contributed by atoms with Gasteiger partial charge in [-0.3, -0.25) is 4.79 Å². The number of fused-ring (bicyclic) bond motifs is 2. The number of phenols is 2. The highest BCUT2D eigenvalue weighted by atomic mass is 16.6. The highest BCUT2D eigenvalue weighted by Gasteiger charge is 2.44. The van der Waals surface area contributed by atoms with E-state index in [0.717, 1.165) is 17.2 Å². The molecule has 0 saturated heterocycles. The molecule has 2 atom stereocenters. The second-order valence-electron chi connectivity index (χ2n) is 12.0. The van der Waals surface area contributed by atoms with Gasteiger partial charge in [-0.2, -0.15) is 0 Å². The summed E-state index contributed by atoms with van der Waals surface area (Å²) >= 11 is 0. The first-order valence-electron chi connectivity index (χ1n) is 15.4. The number of esters is 1. The average Bonchev–Trinajstić information content (AvgIpc) is 3.01. The van der Waals surface area contributed by atoms with E-state index in [-0.39, 0.29) is 40.4 Å². The number of nitrogens with one attached hydrogen (secondary N) is 2. The number of carbonyl (C=O) groups is 1. The van der Waals surface area contributed by atoms with Crippen molar-refractivity contribution >= 4 is 16.9 Å². The number of aliphatic hydroxyl groups is 1. The Kier molecular flexibility index (Phi) is 9.45. The fourth-order valence-electron chi connectivity index (χ4n) is 6.01. The molecular formula is C35H41N3O8. The van der Waals surface area contributed by atoms with E-state index in [0.29, 0.717) is 48.6 Å². The molecule has 3 aromatic rings. The lowest BCUT2D eigenvalue weighted by Gasteiger charge is -2.41. The van der Waals surface area contributed by atoms with Crippen LogP contribution in [-0.4, -0.2) is 52.6 Å². The number of rotatable bonds is 10. The number of hydrogen-bond acceptors (Lipinski definition) is 11. The highest BCUT2D eigenvalue weighted by Crippen LogP contribution is 2.50. The Morgan fingerprint density at radius 3 is 2.74 bits per heavy atom. The largest absolute Gasteiger partial charge is 0.508 e. The van der Waals surface area contributed by atoms with Crippen LogP contribution in [0.2, 0.25) is 0 Å². The van der Waals surface area contributed by atoms with Crippen LogP contribution in [0.1, 0.15) is 56.1 Å². The van der Waals surface area contributed by atoms with Gasteiger partial charge in [0.15, 0.2) is 5.43 Å². The summed E-state index contributed by atoms with van der Waals surface area (Å²) < 4.78 is 18.8. The van der Waals surface area contributed by atoms with Crippen LogP contribution in [0.25, 0.3) is 11.0 Å². The van der Waals surface area contributed by atoms with Gasteiger partial charge in [-0.1, -0.05) is 31.2 Å². The number of dihydropyridines is 1. The van der Waals surface area contributed by atoms with E-state index in [1.165, 1.54) is 0 Å². The first kappa shape index (κ1) is 32.6. The second-order valence-corrected chi connectivity index (χ2v) is 12.0. The quantitative estimate of drug-likeness (QED) is 0.143. The van der Waals surface area contributed by atoms with Gasteiger partial charge >= 0.3 is 5.97 Å². The molecule has 7 N–H and O–H groups in total. The summed E-state index contributed by atoms with van der Waals surface area (Å²) in [4.78, 5) is 26.7. The fraction of sp³-hybridized carbons (Fsp3) is 0.371. The first-order chi connectivity index (χ1) is 22.0. The van der Waals surface area contributed by atoms with E-state index in [1.54, 1.807) is 51.1 Å². The molecule has 11 heteroatoms. The van der Waals surface area contributed by atoms with E-state index in [4.69, 9.17) is 19.6 Å². The minimum Gasteiger partial charge on any atom is -0.508 e. The van der Waals surface area contributed by atoms with E-state index >= 15 is 0 Å². The summed E-state index contributed by atoms with van der Waals surface area (Å²) in [5.74, 6) is -0.550. The molecule has 0 amide bonds. The van der Waals surface area contributed by atoms with Gasteiger partial charge in [-0.15, -0.1) is 0 Å². The van der Waals surface area contributed by atoms with E-state index < -0.39 is 35.6 Å². The number of phenolic OH excluding ortho intramolecular Hbond substituents is 2. The number of ether oxygens (including phenoxy) is 2. The van der Waals surface area contributed by atoms with Crippen molar-refractivity contribution in [3.8, 4) is 17.2 Å². The lowest BCUT2D eigenvalue weighted by Crippen LogP contribution is -2.49. The molecule has 2 aromatic carbocycles. The number of carbonyl (C=O) groups excluding carboxylic acids is 1. The summed E-state index contributed by atoms with van der Waals surface area (Å²) in [7, 11) is 0. The fourth-order valence-corrected chi connectivity index (χ4v) is 6.01. The van der Waals surface area contributed by atoms with Crippen molar-refractivity contribution in [1.29, 1.82) is 0 Å². The molecule has 5 rings (SSSR count). The van der Waals surface area contributed by atoms with E-state index in [2.05, 4.69) is 10.6 Å². The maximum atomic E-state index is 13.5. The van der Waals surface area contributed by atoms with Crippen LogP contribution in [0.5, 0.6) is 17.2 Å². The third kappa shape index (κ3) is 6.47. The predicted molar refractivity (Wildman–Crippen MR) is 174 cm³/mol. The third-order valence-electron chi connectivity index (χ3n) is 8.46. The number of allylic oxidation sites excluding steroid dienone is 3. The number of nitrogens with two attached hydrogens (primary N) is 1. The SMILES string of the molecule is CC=C(CNCC)C(=O)OC1Cc2c(c(C(Cc3cccc(O)c3)C3=CCNC(N)=C3)c3oc(CO)cc(=O)c3c2O)OC1(C)C. The van der Waals surface area contributed by atoms with Crippen LogP contribution in [0, 0.1) is 0 Å². The van der Waals surface area contributed by atoms with Crippen LogP contribution in [0.3, 0.4) is 0 Å². The summed E-state index contributed by atoms with van der Waals surface area (Å²) in [5.41, 5.74) is 7.46. The molecule has 11 nitrogen and oxygen atoms in total. The van der Waals surface area contributed by atoms with Crippen molar-refractivity contribution in [3.05, 3.63) is 98.2 Å². The molecule has 46 heavy (non-hydrogen) atoms. The molecule has 0 spiro atoms. The van der Waals surface area contributed by atoms with Gasteiger partial charge in [0.25, 0.3) is 0 Å².